The zero-order valence-electron chi connectivity index (χ0n) is 13.1. The first kappa shape index (κ1) is 15.0. The van der Waals surface area contributed by atoms with Gasteiger partial charge in [-0.2, -0.15) is 0 Å². The number of carbonyl (C=O) groups is 1. The molecule has 3 aromatic rings. The number of anilines is 1. The molecule has 6 heteroatoms. The third-order valence-electron chi connectivity index (χ3n) is 3.50. The van der Waals surface area contributed by atoms with Crippen molar-refractivity contribution in [2.75, 3.05) is 11.9 Å². The summed E-state index contributed by atoms with van der Waals surface area (Å²) in [5.74, 6) is 0.602. The van der Waals surface area contributed by atoms with Crippen LogP contribution in [0.3, 0.4) is 0 Å². The van der Waals surface area contributed by atoms with Gasteiger partial charge in [-0.05, 0) is 56.3 Å². The number of nitrogens with one attached hydrogen (secondary N) is 1. The molecule has 0 aliphatic carbocycles. The lowest BCUT2D eigenvalue weighted by atomic mass is 10.2. The number of benzene rings is 2. The lowest BCUT2D eigenvalue weighted by Crippen LogP contribution is -2.11. The zero-order valence-corrected chi connectivity index (χ0v) is 13.1. The van der Waals surface area contributed by atoms with Crippen LogP contribution >= 0.6 is 0 Å². The molecule has 1 aromatic heterocycles. The van der Waals surface area contributed by atoms with Crippen molar-refractivity contribution in [3.05, 3.63) is 48.0 Å². The van der Waals surface area contributed by atoms with Gasteiger partial charge in [0.2, 0.25) is 0 Å². The Kier molecular flexibility index (Phi) is 4.23. The molecule has 0 atom stereocenters. The van der Waals surface area contributed by atoms with Gasteiger partial charge in [-0.25, -0.2) is 4.68 Å². The number of carbonyl (C=O) groups excluding carboxylic acids is 1. The molecule has 3 rings (SSSR count). The maximum Gasteiger partial charge on any atom is 0.255 e. The highest BCUT2D eigenvalue weighted by atomic mass is 16.5. The highest BCUT2D eigenvalue weighted by Gasteiger charge is 2.10. The second kappa shape index (κ2) is 6.48. The molecule has 0 unspecified atom stereocenters. The minimum absolute atomic E-state index is 0.179. The predicted molar refractivity (Wildman–Crippen MR) is 88.8 cm³/mol. The van der Waals surface area contributed by atoms with Gasteiger partial charge < -0.3 is 10.1 Å². The molecule has 1 N–H and O–H groups in total. The van der Waals surface area contributed by atoms with Crippen LogP contribution in [0.4, 0.5) is 5.69 Å². The first-order valence-corrected chi connectivity index (χ1v) is 7.58. The summed E-state index contributed by atoms with van der Waals surface area (Å²) in [5, 5.41) is 11.0. The summed E-state index contributed by atoms with van der Waals surface area (Å²) in [5.41, 5.74) is 2.90. The number of hydrogen-bond donors (Lipinski definition) is 1. The molecule has 0 saturated heterocycles. The van der Waals surface area contributed by atoms with E-state index in [0.717, 1.165) is 23.5 Å². The molecule has 0 radical (unpaired) electrons. The van der Waals surface area contributed by atoms with Crippen molar-refractivity contribution >= 4 is 22.6 Å². The van der Waals surface area contributed by atoms with E-state index in [1.807, 2.05) is 44.2 Å². The van der Waals surface area contributed by atoms with Gasteiger partial charge in [0.1, 0.15) is 11.3 Å². The molecule has 118 valence electrons. The SMILES string of the molecule is CCOc1ccc(NC(=O)c2ccc3c(c2)nnn3CC)cc1. The Morgan fingerprint density at radius 3 is 2.65 bits per heavy atom. The largest absolute Gasteiger partial charge is 0.494 e. The molecule has 0 fully saturated rings. The van der Waals surface area contributed by atoms with Gasteiger partial charge in [0.25, 0.3) is 5.91 Å². The third kappa shape index (κ3) is 3.15. The van der Waals surface area contributed by atoms with Crippen molar-refractivity contribution in [3.8, 4) is 5.75 Å². The van der Waals surface area contributed by atoms with Crippen LogP contribution in [0.2, 0.25) is 0 Å². The molecule has 0 spiro atoms. The molecule has 2 aromatic carbocycles. The highest BCUT2D eigenvalue weighted by Crippen LogP contribution is 2.18. The number of amides is 1. The smallest absolute Gasteiger partial charge is 0.255 e. The summed E-state index contributed by atoms with van der Waals surface area (Å²) in [6.07, 6.45) is 0. The van der Waals surface area contributed by atoms with Crippen LogP contribution in [0.5, 0.6) is 5.75 Å². The van der Waals surface area contributed by atoms with E-state index in [-0.39, 0.29) is 5.91 Å². The zero-order chi connectivity index (χ0) is 16.2. The van der Waals surface area contributed by atoms with Crippen LogP contribution in [0, 0.1) is 0 Å². The van der Waals surface area contributed by atoms with E-state index in [1.54, 1.807) is 16.8 Å². The number of ether oxygens (including phenoxy) is 1. The Hall–Kier alpha value is -2.89. The molecule has 0 saturated carbocycles. The minimum Gasteiger partial charge on any atom is -0.494 e. The molecule has 23 heavy (non-hydrogen) atoms. The van der Waals surface area contributed by atoms with Gasteiger partial charge in [0.15, 0.2) is 0 Å². The first-order chi connectivity index (χ1) is 11.2. The Morgan fingerprint density at radius 2 is 1.96 bits per heavy atom. The van der Waals surface area contributed by atoms with E-state index in [9.17, 15) is 4.79 Å². The monoisotopic (exact) mass is 310 g/mol. The summed E-state index contributed by atoms with van der Waals surface area (Å²) >= 11 is 0. The van der Waals surface area contributed by atoms with E-state index in [1.165, 1.54) is 0 Å². The average Bonchev–Trinajstić information content (AvgIpc) is 2.99. The van der Waals surface area contributed by atoms with Crippen LogP contribution in [0.25, 0.3) is 11.0 Å². The van der Waals surface area contributed by atoms with Gasteiger partial charge in [0, 0.05) is 17.8 Å². The fourth-order valence-corrected chi connectivity index (χ4v) is 2.35. The van der Waals surface area contributed by atoms with E-state index < -0.39 is 0 Å². The number of hydrogen-bond acceptors (Lipinski definition) is 4. The van der Waals surface area contributed by atoms with Crippen LogP contribution in [-0.4, -0.2) is 27.5 Å². The standard InChI is InChI=1S/C17H18N4O2/c1-3-21-16-10-5-12(11-15(16)19-20-21)17(22)18-13-6-8-14(9-7-13)23-4-2/h5-11H,3-4H2,1-2H3,(H,18,22). The number of rotatable bonds is 5. The maximum absolute atomic E-state index is 12.3. The Labute approximate surface area is 134 Å². The fourth-order valence-electron chi connectivity index (χ4n) is 2.35. The minimum atomic E-state index is -0.179. The van der Waals surface area contributed by atoms with Crippen LogP contribution in [0.1, 0.15) is 24.2 Å². The molecule has 1 amide bonds. The summed E-state index contributed by atoms with van der Waals surface area (Å²) in [6.45, 7) is 5.29. The van der Waals surface area contributed by atoms with Gasteiger partial charge in [-0.3, -0.25) is 4.79 Å². The van der Waals surface area contributed by atoms with Crippen molar-refractivity contribution in [3.63, 3.8) is 0 Å². The van der Waals surface area contributed by atoms with Crippen molar-refractivity contribution in [2.24, 2.45) is 0 Å². The van der Waals surface area contributed by atoms with Crippen molar-refractivity contribution in [1.29, 1.82) is 0 Å². The molecular weight excluding hydrogens is 292 g/mol. The second-order valence-electron chi connectivity index (χ2n) is 5.02. The Morgan fingerprint density at radius 1 is 1.17 bits per heavy atom. The van der Waals surface area contributed by atoms with Gasteiger partial charge in [-0.1, -0.05) is 5.21 Å². The van der Waals surface area contributed by atoms with Crippen molar-refractivity contribution in [1.82, 2.24) is 15.0 Å². The summed E-state index contributed by atoms with van der Waals surface area (Å²) in [6, 6.07) is 12.7. The quantitative estimate of drug-likeness (QED) is 0.786. The molecule has 0 bridgehead atoms. The molecule has 0 aliphatic rings. The number of aromatic nitrogens is 3. The van der Waals surface area contributed by atoms with E-state index in [2.05, 4.69) is 15.6 Å². The van der Waals surface area contributed by atoms with Crippen molar-refractivity contribution < 1.29 is 9.53 Å². The molecular formula is C17H18N4O2. The van der Waals surface area contributed by atoms with Crippen LogP contribution < -0.4 is 10.1 Å². The Bertz CT molecular complexity index is 824. The lowest BCUT2D eigenvalue weighted by molar-refractivity contribution is 0.102. The highest BCUT2D eigenvalue weighted by molar-refractivity contribution is 6.05. The number of nitrogens with zero attached hydrogens (tertiary/aromatic N) is 3. The van der Waals surface area contributed by atoms with Gasteiger partial charge >= 0.3 is 0 Å². The summed E-state index contributed by atoms with van der Waals surface area (Å²) in [4.78, 5) is 12.3. The van der Waals surface area contributed by atoms with Crippen LogP contribution in [-0.2, 0) is 6.54 Å². The average molecular weight is 310 g/mol. The fraction of sp³-hybridized carbons (Fsp3) is 0.235. The molecule has 6 nitrogen and oxygen atoms in total. The Balaban J connectivity index is 1.77. The predicted octanol–water partition coefficient (Wildman–Crippen LogP) is 3.10. The third-order valence-corrected chi connectivity index (χ3v) is 3.50. The molecule has 1 heterocycles. The lowest BCUT2D eigenvalue weighted by Gasteiger charge is -2.07. The van der Waals surface area contributed by atoms with Crippen LogP contribution in [0.15, 0.2) is 42.5 Å². The van der Waals surface area contributed by atoms with Gasteiger partial charge in [-0.15, -0.1) is 5.10 Å². The maximum atomic E-state index is 12.3. The molecule has 0 aliphatic heterocycles. The topological polar surface area (TPSA) is 69.0 Å². The van der Waals surface area contributed by atoms with E-state index in [0.29, 0.717) is 17.7 Å². The van der Waals surface area contributed by atoms with Crippen molar-refractivity contribution in [2.45, 2.75) is 20.4 Å². The van der Waals surface area contributed by atoms with Gasteiger partial charge in [0.05, 0.1) is 12.1 Å². The second-order valence-corrected chi connectivity index (χ2v) is 5.02. The summed E-state index contributed by atoms with van der Waals surface area (Å²) < 4.78 is 7.18. The first-order valence-electron chi connectivity index (χ1n) is 7.58. The van der Waals surface area contributed by atoms with E-state index in [4.69, 9.17) is 4.74 Å². The van der Waals surface area contributed by atoms with E-state index >= 15 is 0 Å². The summed E-state index contributed by atoms with van der Waals surface area (Å²) in [7, 11) is 0. The number of aryl methyl sites for hydroxylation is 1. The number of fused-ring (bicyclic) bond motifs is 1. The normalized spacial score (nSPS) is 10.7.